The lowest BCUT2D eigenvalue weighted by Crippen LogP contribution is -2.38. The molecule has 16 rings (SSSR count). The van der Waals surface area contributed by atoms with E-state index in [1.165, 1.54) is 117 Å². The van der Waals surface area contributed by atoms with Crippen molar-refractivity contribution in [3.8, 4) is 100 Å². The van der Waals surface area contributed by atoms with E-state index in [4.69, 9.17) is 0 Å². The minimum atomic E-state index is -0.546. The van der Waals surface area contributed by atoms with E-state index < -0.39 is 5.54 Å². The van der Waals surface area contributed by atoms with E-state index in [1.54, 1.807) is 0 Å². The summed E-state index contributed by atoms with van der Waals surface area (Å²) in [5.74, 6) is 0. The Kier molecular flexibility index (Phi) is 16.7. The zero-order valence-corrected chi connectivity index (χ0v) is 60.3. The molecule has 0 aromatic heterocycles. The molecule has 0 unspecified atom stereocenters. The molecule has 2 aliphatic carbocycles. The molecule has 2 aliphatic rings. The summed E-state index contributed by atoms with van der Waals surface area (Å²) in [5, 5.41) is 0. The van der Waals surface area contributed by atoms with Crippen LogP contribution in [0.2, 0.25) is 0 Å². The van der Waals surface area contributed by atoms with Gasteiger partial charge in [0.15, 0.2) is 0 Å². The van der Waals surface area contributed by atoms with Gasteiger partial charge >= 0.3 is 0 Å². The molecule has 0 N–H and O–H groups in total. The Hall–Kier alpha value is -11.5. The third-order valence-corrected chi connectivity index (χ3v) is 22.0. The standard InChI is InChI=1S/C99H87N3/c1-66(2)100(81-50-42-73(43-51-81)78-47-55-87-86-36-23-24-37-91(86)97(5,6)92(87)63-78)96-64-80(99(9,10)102(82-34-21-14-22-35-82)83-52-44-72(45-53-83)71-40-38-70(39-41-71)68-26-15-11-16-27-68)49-57-85(96)79-33-25-32-75(60-79)76-48-59-95(90(61-76)74-30-19-13-20-31-74)101(67(3)4)84-54-58-89-88-56-46-77(69-28-17-12-18-29-69)62-93(88)98(7,8)94(89)65-84/h11-67H,1-10H3. The normalized spacial score (nSPS) is 13.1. The van der Waals surface area contributed by atoms with Gasteiger partial charge in [0.1, 0.15) is 0 Å². The largest absolute Gasteiger partial charge is 0.338 e. The van der Waals surface area contributed by atoms with Crippen LogP contribution < -0.4 is 14.7 Å². The summed E-state index contributed by atoms with van der Waals surface area (Å²) in [4.78, 5) is 7.62. The highest BCUT2D eigenvalue weighted by molar-refractivity contribution is 5.92. The quantitative estimate of drug-likeness (QED) is 0.0900. The summed E-state index contributed by atoms with van der Waals surface area (Å²) < 4.78 is 0. The predicted octanol–water partition coefficient (Wildman–Crippen LogP) is 27.1. The number of hydrogen-bond donors (Lipinski definition) is 0. The van der Waals surface area contributed by atoms with Crippen LogP contribution in [0.15, 0.2) is 334 Å². The third-order valence-electron chi connectivity index (χ3n) is 22.0. The molecule has 0 saturated carbocycles. The van der Waals surface area contributed by atoms with Gasteiger partial charge in [-0.25, -0.2) is 0 Å². The SMILES string of the molecule is CC(C)N(c1ccc2c(c1)C(C)(C)c1cc(-c3ccccc3)ccc1-2)c1ccc(-c2cccc(-c3ccc(C(C)(C)N(c4ccccc4)c4ccc(-c5ccc(-c6ccccc6)cc5)cc4)cc3N(c3ccc(-c4ccc5c(c4)C(C)(C)c4ccccc4-5)cc3)C(C)C)c2)cc1-c1ccccc1. The first kappa shape index (κ1) is 65.1. The van der Waals surface area contributed by atoms with Crippen LogP contribution in [0.4, 0.5) is 34.1 Å². The van der Waals surface area contributed by atoms with E-state index in [1.807, 2.05) is 0 Å². The van der Waals surface area contributed by atoms with E-state index in [2.05, 4.69) is 418 Å². The maximum absolute atomic E-state index is 2.56. The highest BCUT2D eigenvalue weighted by atomic mass is 15.2. The maximum Gasteiger partial charge on any atom is 0.0647 e. The third kappa shape index (κ3) is 11.7. The molecular weight excluding hydrogens is 1230 g/mol. The van der Waals surface area contributed by atoms with Gasteiger partial charge in [0.2, 0.25) is 0 Å². The first-order chi connectivity index (χ1) is 49.5. The molecule has 0 bridgehead atoms. The molecule has 498 valence electrons. The van der Waals surface area contributed by atoms with Gasteiger partial charge in [-0.15, -0.1) is 0 Å². The Morgan fingerprint density at radius 1 is 0.235 bits per heavy atom. The van der Waals surface area contributed by atoms with Crippen molar-refractivity contribution in [2.45, 2.75) is 97.7 Å². The van der Waals surface area contributed by atoms with Gasteiger partial charge in [-0.05, 0) is 243 Å². The van der Waals surface area contributed by atoms with Crippen molar-refractivity contribution < 1.29 is 0 Å². The van der Waals surface area contributed by atoms with Crippen molar-refractivity contribution >= 4 is 34.1 Å². The molecule has 3 nitrogen and oxygen atoms in total. The summed E-state index contributed by atoms with van der Waals surface area (Å²) in [6.07, 6.45) is 0. The molecule has 14 aromatic carbocycles. The summed E-state index contributed by atoms with van der Waals surface area (Å²) in [6, 6.07) is 125. The predicted molar refractivity (Wildman–Crippen MR) is 435 cm³/mol. The van der Waals surface area contributed by atoms with E-state index in [0.717, 1.165) is 45.0 Å². The molecule has 0 saturated heterocycles. The van der Waals surface area contributed by atoms with Crippen LogP contribution in [0.25, 0.3) is 100 Å². The van der Waals surface area contributed by atoms with Gasteiger partial charge in [-0.2, -0.15) is 0 Å². The number of benzene rings is 14. The Morgan fingerprint density at radius 3 is 1.18 bits per heavy atom. The number of hydrogen-bond acceptors (Lipinski definition) is 3. The minimum Gasteiger partial charge on any atom is -0.338 e. The van der Waals surface area contributed by atoms with Crippen molar-refractivity contribution in [3.63, 3.8) is 0 Å². The van der Waals surface area contributed by atoms with Crippen molar-refractivity contribution in [3.05, 3.63) is 361 Å². The zero-order valence-electron chi connectivity index (χ0n) is 60.3. The Bertz CT molecular complexity index is 5400. The van der Waals surface area contributed by atoms with Crippen LogP contribution in [-0.2, 0) is 16.4 Å². The number of nitrogens with zero attached hydrogens (tertiary/aromatic N) is 3. The van der Waals surface area contributed by atoms with E-state index >= 15 is 0 Å². The fraction of sp³-hybridized carbons (Fsp3) is 0.152. The van der Waals surface area contributed by atoms with Crippen molar-refractivity contribution in [2.24, 2.45) is 0 Å². The topological polar surface area (TPSA) is 9.72 Å². The molecule has 14 aromatic rings. The van der Waals surface area contributed by atoms with E-state index in [-0.39, 0.29) is 22.9 Å². The van der Waals surface area contributed by atoms with Crippen molar-refractivity contribution in [2.75, 3.05) is 14.7 Å². The first-order valence-corrected chi connectivity index (χ1v) is 36.3. The monoisotopic (exact) mass is 1320 g/mol. The number of rotatable bonds is 17. The second-order valence-corrected chi connectivity index (χ2v) is 30.0. The van der Waals surface area contributed by atoms with Gasteiger partial charge in [0.25, 0.3) is 0 Å². The number of para-hydroxylation sites is 1. The average molecular weight is 1320 g/mol. The molecule has 0 atom stereocenters. The molecule has 102 heavy (non-hydrogen) atoms. The molecule has 3 heteroatoms. The fourth-order valence-electron chi connectivity index (χ4n) is 16.6. The maximum atomic E-state index is 2.56. The molecule has 0 amide bonds. The van der Waals surface area contributed by atoms with Crippen LogP contribution in [0.3, 0.4) is 0 Å². The molecule has 0 aliphatic heterocycles. The summed E-state index contributed by atoms with van der Waals surface area (Å²) in [5.41, 5.74) is 34.7. The van der Waals surface area contributed by atoms with E-state index in [0.29, 0.717) is 0 Å². The lowest BCUT2D eigenvalue weighted by Gasteiger charge is -2.42. The van der Waals surface area contributed by atoms with Crippen molar-refractivity contribution in [1.29, 1.82) is 0 Å². The highest BCUT2D eigenvalue weighted by Gasteiger charge is 2.39. The Labute approximate surface area is 604 Å². The Balaban J connectivity index is 0.788. The second kappa shape index (κ2) is 26.2. The van der Waals surface area contributed by atoms with Crippen LogP contribution in [0, 0.1) is 0 Å². The molecule has 0 heterocycles. The summed E-state index contributed by atoms with van der Waals surface area (Å²) in [6.45, 7) is 23.6. The number of anilines is 6. The van der Waals surface area contributed by atoms with Crippen LogP contribution in [-0.4, -0.2) is 12.1 Å². The molecule has 0 radical (unpaired) electrons. The second-order valence-electron chi connectivity index (χ2n) is 30.0. The molecular formula is C99H87N3. The fourth-order valence-corrected chi connectivity index (χ4v) is 16.6. The summed E-state index contributed by atoms with van der Waals surface area (Å²) in [7, 11) is 0. The highest BCUT2D eigenvalue weighted by Crippen LogP contribution is 2.54. The van der Waals surface area contributed by atoms with Gasteiger partial charge < -0.3 is 14.7 Å². The summed E-state index contributed by atoms with van der Waals surface area (Å²) >= 11 is 0. The molecule has 0 fully saturated rings. The van der Waals surface area contributed by atoms with Gasteiger partial charge in [-0.1, -0.05) is 276 Å². The van der Waals surface area contributed by atoms with Crippen LogP contribution >= 0.6 is 0 Å². The van der Waals surface area contributed by atoms with Crippen molar-refractivity contribution in [1.82, 2.24) is 0 Å². The first-order valence-electron chi connectivity index (χ1n) is 36.3. The van der Waals surface area contributed by atoms with Gasteiger partial charge in [0.05, 0.1) is 5.54 Å². The zero-order chi connectivity index (χ0) is 70.0. The molecule has 0 spiro atoms. The smallest absolute Gasteiger partial charge is 0.0647 e. The van der Waals surface area contributed by atoms with Crippen LogP contribution in [0.5, 0.6) is 0 Å². The lowest BCUT2D eigenvalue weighted by atomic mass is 9.81. The Morgan fingerprint density at radius 2 is 0.598 bits per heavy atom. The van der Waals surface area contributed by atoms with E-state index in [9.17, 15) is 0 Å². The lowest BCUT2D eigenvalue weighted by molar-refractivity contribution is 0.535. The van der Waals surface area contributed by atoms with Gasteiger partial charge in [0, 0.05) is 68.2 Å². The van der Waals surface area contributed by atoms with Crippen LogP contribution in [0.1, 0.15) is 97.1 Å². The van der Waals surface area contributed by atoms with Gasteiger partial charge in [-0.3, -0.25) is 0 Å². The minimum absolute atomic E-state index is 0.0828. The average Bonchev–Trinajstić information content (AvgIpc) is 1.55. The number of fused-ring (bicyclic) bond motifs is 6.